The van der Waals surface area contributed by atoms with Crippen molar-refractivity contribution >= 4 is 43.2 Å². The van der Waals surface area contributed by atoms with Crippen LogP contribution in [0.3, 0.4) is 0 Å². The molecule has 0 bridgehead atoms. The Kier molecular flexibility index (Phi) is 9.90. The van der Waals surface area contributed by atoms with Gasteiger partial charge in [0.15, 0.2) is 0 Å². The molecule has 2 aliphatic carbocycles. The molecule has 10 rings (SSSR count). The lowest BCUT2D eigenvalue weighted by atomic mass is 9.85. The Bertz CT molecular complexity index is 2100. The van der Waals surface area contributed by atoms with Crippen LogP contribution >= 0.6 is 23.2 Å². The molecular weight excluding hydrogens is 776 g/mol. The monoisotopic (exact) mass is 822 g/mol. The maximum atomic E-state index is 13.2. The first kappa shape index (κ1) is 39.0. The summed E-state index contributed by atoms with van der Waals surface area (Å²) < 4.78 is 68.9. The van der Waals surface area contributed by atoms with Gasteiger partial charge >= 0.3 is 0 Å². The van der Waals surface area contributed by atoms with Crippen LogP contribution in [0.2, 0.25) is 0 Å². The van der Waals surface area contributed by atoms with Crippen molar-refractivity contribution in [3.05, 3.63) is 131 Å². The topological polar surface area (TPSA) is 93.2 Å². The van der Waals surface area contributed by atoms with Gasteiger partial charge < -0.3 is 9.47 Å². The molecule has 8 nitrogen and oxygen atoms in total. The molecule has 2 saturated carbocycles. The van der Waals surface area contributed by atoms with Gasteiger partial charge in [-0.05, 0) is 75.9 Å². The molecule has 0 radical (unpaired) electrons. The van der Waals surface area contributed by atoms with E-state index in [2.05, 4.69) is 38.1 Å². The molecule has 0 N–H and O–H groups in total. The summed E-state index contributed by atoms with van der Waals surface area (Å²) in [7, 11) is -6.93. The molecule has 292 valence electrons. The minimum Gasteiger partial charge on any atom is -0.366 e. The quantitative estimate of drug-likeness (QED) is 0.181. The number of halogens is 2. The normalized spacial score (nSPS) is 34.3. The summed E-state index contributed by atoms with van der Waals surface area (Å²) >= 11 is 9.53. The van der Waals surface area contributed by atoms with Crippen molar-refractivity contribution in [1.82, 2.24) is 8.61 Å². The molecule has 6 fully saturated rings. The fraction of sp³-hybridized carbons (Fsp3) is 0.442. The van der Waals surface area contributed by atoms with Crippen molar-refractivity contribution in [2.45, 2.75) is 73.7 Å². The van der Waals surface area contributed by atoms with Gasteiger partial charge in [-0.3, -0.25) is 0 Å². The van der Waals surface area contributed by atoms with Crippen LogP contribution in [0.4, 0.5) is 0 Å². The van der Waals surface area contributed by atoms with Crippen molar-refractivity contribution < 1.29 is 26.3 Å². The van der Waals surface area contributed by atoms with E-state index in [1.807, 2.05) is 74.5 Å². The molecule has 4 saturated heterocycles. The van der Waals surface area contributed by atoms with E-state index < -0.39 is 20.0 Å². The fourth-order valence-corrected chi connectivity index (χ4v) is 13.2. The molecule has 12 heteroatoms. The van der Waals surface area contributed by atoms with Gasteiger partial charge in [-0.25, -0.2) is 16.8 Å². The van der Waals surface area contributed by atoms with Gasteiger partial charge in [-0.1, -0.05) is 96.1 Å². The Hall–Kier alpha value is -2.80. The fourth-order valence-electron chi connectivity index (χ4n) is 10.2. The van der Waals surface area contributed by atoms with E-state index in [-0.39, 0.29) is 51.4 Å². The highest BCUT2D eigenvalue weighted by Gasteiger charge is 2.80. The molecule has 8 atom stereocenters. The zero-order chi connectivity index (χ0) is 39.0. The molecule has 0 unspecified atom stereocenters. The Morgan fingerprint density at radius 3 is 1.24 bits per heavy atom. The number of sulfonamides is 2. The van der Waals surface area contributed by atoms with E-state index in [9.17, 15) is 16.8 Å². The van der Waals surface area contributed by atoms with Gasteiger partial charge in [0.2, 0.25) is 20.0 Å². The lowest BCUT2D eigenvalue weighted by Gasteiger charge is -2.23. The second-order valence-corrected chi connectivity index (χ2v) is 21.2. The molecule has 4 aromatic rings. The largest absolute Gasteiger partial charge is 0.366 e. The molecule has 6 aliphatic rings. The number of nitrogens with zero attached hydrogens (tertiary/aromatic N) is 2. The van der Waals surface area contributed by atoms with Crippen molar-refractivity contribution in [3.63, 3.8) is 0 Å². The van der Waals surface area contributed by atoms with E-state index in [0.717, 1.165) is 35.1 Å². The van der Waals surface area contributed by atoms with Crippen molar-refractivity contribution in [1.29, 1.82) is 0 Å². The second-order valence-electron chi connectivity index (χ2n) is 16.6. The number of ether oxygens (including phenoxy) is 2. The third-order valence-corrected chi connectivity index (χ3v) is 17.0. The lowest BCUT2D eigenvalue weighted by Crippen LogP contribution is -2.31. The minimum atomic E-state index is -3.46. The smallest absolute Gasteiger partial charge is 0.243 e. The van der Waals surface area contributed by atoms with Crippen LogP contribution in [0.5, 0.6) is 0 Å². The first-order chi connectivity index (χ1) is 26.1. The van der Waals surface area contributed by atoms with Crippen molar-refractivity contribution in [2.24, 2.45) is 22.7 Å². The van der Waals surface area contributed by atoms with E-state index in [1.54, 1.807) is 32.9 Å². The highest BCUT2D eigenvalue weighted by atomic mass is 35.5. The first-order valence-corrected chi connectivity index (χ1v) is 22.8. The number of alkyl halides is 2. The SMILES string of the molecule is Cc1ccc(S(=O)(=O)N2C[C@@H]3[C@H](c4ccccc4)O[C@@]4(C)C[C@@]34C2)cc1.Cc1ccc(S(=O)(=O)N2C[C@H]3[C@@H](c4ccccc4)O[C@]4(C)C[C@]34C2)cc1.ClCCl. The zero-order valence-electron chi connectivity index (χ0n) is 31.6. The summed E-state index contributed by atoms with van der Waals surface area (Å²) in [5.41, 5.74) is 3.96. The highest BCUT2D eigenvalue weighted by molar-refractivity contribution is 7.89. The van der Waals surface area contributed by atoms with Crippen LogP contribution < -0.4 is 0 Å². The predicted octanol–water partition coefficient (Wildman–Crippen LogP) is 8.49. The minimum absolute atomic E-state index is 0.0202. The third-order valence-electron chi connectivity index (χ3n) is 13.4. The highest BCUT2D eigenvalue weighted by Crippen LogP contribution is 2.76. The molecule has 4 aromatic carbocycles. The van der Waals surface area contributed by atoms with Gasteiger partial charge in [0.05, 0.1) is 38.5 Å². The number of hydrogen-bond acceptors (Lipinski definition) is 6. The van der Waals surface area contributed by atoms with Crippen LogP contribution in [0, 0.1) is 36.5 Å². The van der Waals surface area contributed by atoms with Crippen LogP contribution in [0.1, 0.15) is 61.2 Å². The van der Waals surface area contributed by atoms with Gasteiger partial charge in [0.25, 0.3) is 0 Å². The van der Waals surface area contributed by atoms with E-state index in [4.69, 9.17) is 32.7 Å². The number of hydrogen-bond donors (Lipinski definition) is 0. The first-order valence-electron chi connectivity index (χ1n) is 18.8. The molecular formula is C43H48Cl2N2O6S2. The number of benzene rings is 4. The van der Waals surface area contributed by atoms with Gasteiger partial charge in [-0.2, -0.15) is 8.61 Å². The summed E-state index contributed by atoms with van der Waals surface area (Å²) in [6.45, 7) is 10.4. The Morgan fingerprint density at radius 1 is 0.582 bits per heavy atom. The maximum absolute atomic E-state index is 13.2. The standard InChI is InChI=1S/2C21H23NO3S.CH2Cl2/c2*1-15-8-10-17(11-9-15)26(23,24)22-12-18-19(16-6-4-3-5-7-16)25-20(2)13-21(18,20)14-22;2-1-3/h2*3-11,18-19H,12-14H2,1-2H3;1H2/t2*18-,19+,20+,21-;/m10./s1. The summed E-state index contributed by atoms with van der Waals surface area (Å²) in [5, 5.41) is 0.194. The lowest BCUT2D eigenvalue weighted by molar-refractivity contribution is -0.00531. The van der Waals surface area contributed by atoms with Crippen LogP contribution in [-0.4, -0.2) is 68.2 Å². The van der Waals surface area contributed by atoms with Gasteiger partial charge in [-0.15, -0.1) is 23.2 Å². The third kappa shape index (κ3) is 6.40. The molecule has 0 amide bonds. The number of aryl methyl sites for hydroxylation is 2. The van der Waals surface area contributed by atoms with Crippen molar-refractivity contribution in [2.75, 3.05) is 31.5 Å². The van der Waals surface area contributed by atoms with Crippen LogP contribution in [-0.2, 0) is 29.5 Å². The van der Waals surface area contributed by atoms with E-state index in [0.29, 0.717) is 36.0 Å². The average molecular weight is 824 g/mol. The second kappa shape index (κ2) is 13.9. The Labute approximate surface area is 335 Å². The summed E-state index contributed by atoms with van der Waals surface area (Å²) in [4.78, 5) is 0.776. The van der Waals surface area contributed by atoms with Gasteiger partial charge in [0, 0.05) is 48.8 Å². The Balaban J connectivity index is 0.000000145. The Morgan fingerprint density at radius 2 is 0.909 bits per heavy atom. The van der Waals surface area contributed by atoms with Crippen molar-refractivity contribution in [3.8, 4) is 0 Å². The average Bonchev–Trinajstić information content (AvgIpc) is 3.57. The molecule has 4 heterocycles. The van der Waals surface area contributed by atoms with E-state index >= 15 is 0 Å². The summed E-state index contributed by atoms with van der Waals surface area (Å²) in [6, 6.07) is 34.7. The zero-order valence-corrected chi connectivity index (χ0v) is 34.7. The van der Waals surface area contributed by atoms with Gasteiger partial charge in [0.1, 0.15) is 0 Å². The summed E-state index contributed by atoms with van der Waals surface area (Å²) in [5.74, 6) is 0.435. The maximum Gasteiger partial charge on any atom is 0.243 e. The molecule has 2 spiro atoms. The predicted molar refractivity (Wildman–Crippen MR) is 215 cm³/mol. The summed E-state index contributed by atoms with van der Waals surface area (Å²) in [6.07, 6.45) is 1.86. The number of rotatable bonds is 6. The molecule has 55 heavy (non-hydrogen) atoms. The molecule has 0 aromatic heterocycles. The van der Waals surface area contributed by atoms with E-state index in [1.165, 1.54) is 0 Å². The molecule has 4 aliphatic heterocycles. The van der Waals surface area contributed by atoms with Crippen LogP contribution in [0.15, 0.2) is 119 Å². The van der Waals surface area contributed by atoms with Crippen LogP contribution in [0.25, 0.3) is 0 Å².